The van der Waals surface area contributed by atoms with E-state index in [0.29, 0.717) is 11.3 Å². The molecule has 0 saturated heterocycles. The van der Waals surface area contributed by atoms with Crippen molar-refractivity contribution in [3.63, 3.8) is 0 Å². The molecule has 0 unspecified atom stereocenters. The molecular formula is C18H30N2O. The fourth-order valence-electron chi connectivity index (χ4n) is 2.48. The van der Waals surface area contributed by atoms with Gasteiger partial charge in [0.25, 0.3) is 0 Å². The third-order valence-electron chi connectivity index (χ3n) is 3.79. The van der Waals surface area contributed by atoms with Gasteiger partial charge in [-0.05, 0) is 31.5 Å². The van der Waals surface area contributed by atoms with Gasteiger partial charge in [0, 0.05) is 23.5 Å². The number of rotatable bonds is 11. The molecule has 0 fully saturated rings. The van der Waals surface area contributed by atoms with Gasteiger partial charge >= 0.3 is 0 Å². The molecule has 0 heterocycles. The van der Waals surface area contributed by atoms with Crippen LogP contribution in [0.4, 0.5) is 11.4 Å². The zero-order chi connectivity index (χ0) is 15.5. The quantitative estimate of drug-likeness (QED) is 0.341. The largest absolute Gasteiger partial charge is 0.398 e. The number of nitrogens with one attached hydrogen (secondary N) is 1. The first-order valence-electron chi connectivity index (χ1n) is 8.29. The standard InChI is InChI=1S/C18H30N2O/c1-3-4-5-6-7-8-9-10-13-20-16-11-12-17(15(2)21)18(19)14-16/h11-12,14,20H,3-10,13,19H2,1-2H3. The average Bonchev–Trinajstić information content (AvgIpc) is 2.45. The first-order valence-corrected chi connectivity index (χ1v) is 8.29. The topological polar surface area (TPSA) is 55.1 Å². The van der Waals surface area contributed by atoms with Crippen LogP contribution in [0.15, 0.2) is 18.2 Å². The van der Waals surface area contributed by atoms with Crippen LogP contribution in [-0.2, 0) is 0 Å². The highest BCUT2D eigenvalue weighted by molar-refractivity contribution is 5.99. The number of nitrogens with two attached hydrogens (primary N) is 1. The van der Waals surface area contributed by atoms with E-state index in [0.717, 1.165) is 12.2 Å². The molecule has 3 heteroatoms. The van der Waals surface area contributed by atoms with Crippen LogP contribution in [0.2, 0.25) is 0 Å². The summed E-state index contributed by atoms with van der Waals surface area (Å²) < 4.78 is 0. The number of hydrogen-bond acceptors (Lipinski definition) is 3. The zero-order valence-electron chi connectivity index (χ0n) is 13.6. The molecule has 0 amide bonds. The number of carbonyl (C=O) groups excluding carboxylic acids is 1. The molecule has 1 aromatic rings. The SMILES string of the molecule is CCCCCCCCCCNc1ccc(C(C)=O)c(N)c1. The molecular weight excluding hydrogens is 260 g/mol. The molecule has 118 valence electrons. The van der Waals surface area contributed by atoms with E-state index in [1.165, 1.54) is 51.4 Å². The predicted octanol–water partition coefficient (Wildman–Crippen LogP) is 5.02. The van der Waals surface area contributed by atoms with Crippen molar-refractivity contribution >= 4 is 17.2 Å². The lowest BCUT2D eigenvalue weighted by Gasteiger charge is -2.09. The molecule has 1 rings (SSSR count). The number of anilines is 2. The minimum atomic E-state index is 0.0159. The summed E-state index contributed by atoms with van der Waals surface area (Å²) in [7, 11) is 0. The number of nitrogen functional groups attached to an aromatic ring is 1. The van der Waals surface area contributed by atoms with Crippen molar-refractivity contribution in [1.82, 2.24) is 0 Å². The van der Waals surface area contributed by atoms with E-state index in [2.05, 4.69) is 12.2 Å². The normalized spacial score (nSPS) is 10.6. The van der Waals surface area contributed by atoms with Gasteiger partial charge in [-0.15, -0.1) is 0 Å². The number of hydrogen-bond donors (Lipinski definition) is 2. The highest BCUT2D eigenvalue weighted by Gasteiger charge is 2.04. The third-order valence-corrected chi connectivity index (χ3v) is 3.79. The van der Waals surface area contributed by atoms with E-state index in [1.54, 1.807) is 13.0 Å². The second-order valence-corrected chi connectivity index (χ2v) is 5.76. The van der Waals surface area contributed by atoms with Gasteiger partial charge in [0.2, 0.25) is 0 Å². The van der Waals surface area contributed by atoms with E-state index >= 15 is 0 Å². The van der Waals surface area contributed by atoms with Crippen LogP contribution in [0.1, 0.15) is 75.6 Å². The molecule has 1 aromatic carbocycles. The van der Waals surface area contributed by atoms with E-state index in [-0.39, 0.29) is 5.78 Å². The van der Waals surface area contributed by atoms with Gasteiger partial charge < -0.3 is 11.1 Å². The van der Waals surface area contributed by atoms with Crippen LogP contribution in [0.5, 0.6) is 0 Å². The van der Waals surface area contributed by atoms with Crippen LogP contribution in [0.25, 0.3) is 0 Å². The molecule has 3 nitrogen and oxygen atoms in total. The van der Waals surface area contributed by atoms with Crippen LogP contribution in [0, 0.1) is 0 Å². The van der Waals surface area contributed by atoms with Crippen molar-refractivity contribution in [3.05, 3.63) is 23.8 Å². The number of carbonyl (C=O) groups is 1. The average molecular weight is 290 g/mol. The number of benzene rings is 1. The maximum absolute atomic E-state index is 11.3. The number of Topliss-reactive ketones (excluding diaryl/α,β-unsaturated/α-hetero) is 1. The van der Waals surface area contributed by atoms with Crippen LogP contribution < -0.4 is 11.1 Å². The van der Waals surface area contributed by atoms with E-state index in [1.807, 2.05) is 12.1 Å². The Morgan fingerprint density at radius 2 is 1.67 bits per heavy atom. The molecule has 0 spiro atoms. The van der Waals surface area contributed by atoms with Crippen molar-refractivity contribution in [3.8, 4) is 0 Å². The van der Waals surface area contributed by atoms with Gasteiger partial charge in [-0.25, -0.2) is 0 Å². The van der Waals surface area contributed by atoms with Crippen LogP contribution in [-0.4, -0.2) is 12.3 Å². The van der Waals surface area contributed by atoms with Crippen LogP contribution >= 0.6 is 0 Å². The lowest BCUT2D eigenvalue weighted by molar-refractivity contribution is 0.101. The first-order chi connectivity index (χ1) is 10.1. The molecule has 0 saturated carbocycles. The predicted molar refractivity (Wildman–Crippen MR) is 92.0 cm³/mol. The van der Waals surface area contributed by atoms with Gasteiger partial charge in [0.15, 0.2) is 5.78 Å². The molecule has 21 heavy (non-hydrogen) atoms. The molecule has 0 aromatic heterocycles. The molecule has 3 N–H and O–H groups in total. The molecule has 0 aliphatic rings. The number of unbranched alkanes of at least 4 members (excludes halogenated alkanes) is 7. The Balaban J connectivity index is 2.13. The maximum Gasteiger partial charge on any atom is 0.161 e. The van der Waals surface area contributed by atoms with E-state index < -0.39 is 0 Å². The minimum Gasteiger partial charge on any atom is -0.398 e. The number of ketones is 1. The van der Waals surface area contributed by atoms with Crippen molar-refractivity contribution in [2.45, 2.75) is 65.2 Å². The van der Waals surface area contributed by atoms with Crippen LogP contribution in [0.3, 0.4) is 0 Å². The summed E-state index contributed by atoms with van der Waals surface area (Å²) in [5.74, 6) is 0.0159. The summed E-state index contributed by atoms with van der Waals surface area (Å²) in [6, 6.07) is 5.58. The molecule has 0 radical (unpaired) electrons. The summed E-state index contributed by atoms with van der Waals surface area (Å²) in [6.07, 6.45) is 10.6. The third kappa shape index (κ3) is 7.16. The fourth-order valence-corrected chi connectivity index (χ4v) is 2.48. The van der Waals surface area contributed by atoms with Gasteiger partial charge in [-0.3, -0.25) is 4.79 Å². The lowest BCUT2D eigenvalue weighted by atomic mass is 10.1. The van der Waals surface area contributed by atoms with Crippen molar-refractivity contribution in [2.75, 3.05) is 17.6 Å². The van der Waals surface area contributed by atoms with Crippen molar-refractivity contribution in [2.24, 2.45) is 0 Å². The van der Waals surface area contributed by atoms with Gasteiger partial charge in [-0.1, -0.05) is 51.9 Å². The fraction of sp³-hybridized carbons (Fsp3) is 0.611. The monoisotopic (exact) mass is 290 g/mol. The van der Waals surface area contributed by atoms with Gasteiger partial charge in [0.05, 0.1) is 0 Å². The Bertz CT molecular complexity index is 429. The highest BCUT2D eigenvalue weighted by Crippen LogP contribution is 2.18. The van der Waals surface area contributed by atoms with E-state index in [9.17, 15) is 4.79 Å². The lowest BCUT2D eigenvalue weighted by Crippen LogP contribution is -2.04. The molecule has 0 aliphatic carbocycles. The Morgan fingerprint density at radius 3 is 2.24 bits per heavy atom. The summed E-state index contributed by atoms with van der Waals surface area (Å²) in [5.41, 5.74) is 8.03. The van der Waals surface area contributed by atoms with E-state index in [4.69, 9.17) is 5.73 Å². The maximum atomic E-state index is 11.3. The Morgan fingerprint density at radius 1 is 1.05 bits per heavy atom. The summed E-state index contributed by atoms with van der Waals surface area (Å²) in [4.78, 5) is 11.3. The van der Waals surface area contributed by atoms with Crippen molar-refractivity contribution in [1.29, 1.82) is 0 Å². The molecule has 0 bridgehead atoms. The summed E-state index contributed by atoms with van der Waals surface area (Å²) in [6.45, 7) is 4.76. The highest BCUT2D eigenvalue weighted by atomic mass is 16.1. The summed E-state index contributed by atoms with van der Waals surface area (Å²) >= 11 is 0. The molecule has 0 atom stereocenters. The Kier molecular flexibility index (Phi) is 8.56. The second-order valence-electron chi connectivity index (χ2n) is 5.76. The van der Waals surface area contributed by atoms with Gasteiger partial charge in [-0.2, -0.15) is 0 Å². The smallest absolute Gasteiger partial charge is 0.161 e. The second kappa shape index (κ2) is 10.3. The zero-order valence-corrected chi connectivity index (χ0v) is 13.6. The van der Waals surface area contributed by atoms with Crippen molar-refractivity contribution < 1.29 is 4.79 Å². The Hall–Kier alpha value is -1.51. The first kappa shape index (κ1) is 17.5. The minimum absolute atomic E-state index is 0.0159. The van der Waals surface area contributed by atoms with Gasteiger partial charge in [0.1, 0.15) is 0 Å². The Labute approximate surface area is 129 Å². The molecule has 0 aliphatic heterocycles. The summed E-state index contributed by atoms with van der Waals surface area (Å²) in [5, 5.41) is 3.37.